The molecule has 0 radical (unpaired) electrons. The van der Waals surface area contributed by atoms with Crippen molar-refractivity contribution in [2.75, 3.05) is 10.2 Å². The zero-order valence-corrected chi connectivity index (χ0v) is 23.0. The Kier molecular flexibility index (Phi) is 7.88. The topological polar surface area (TPSA) is 116 Å². The molecule has 2 aliphatic rings. The van der Waals surface area contributed by atoms with Crippen LogP contribution < -0.4 is 20.9 Å². The molecule has 5 rings (SSSR count). The average molecular weight is 555 g/mol. The van der Waals surface area contributed by atoms with Crippen LogP contribution in [0.4, 0.5) is 16.2 Å². The van der Waals surface area contributed by atoms with E-state index in [0.29, 0.717) is 44.3 Å². The molecule has 1 aliphatic heterocycles. The van der Waals surface area contributed by atoms with Crippen LogP contribution in [0.2, 0.25) is 0 Å². The Morgan fingerprint density at radius 1 is 1.18 bits per heavy atom. The summed E-state index contributed by atoms with van der Waals surface area (Å²) in [5.74, 6) is -0.487. The predicted octanol–water partition coefficient (Wildman–Crippen LogP) is 5.64. The maximum atomic E-state index is 13.5. The highest BCUT2D eigenvalue weighted by atomic mass is 32.1. The third kappa shape index (κ3) is 5.30. The largest absolute Gasteiger partial charge is 0.350 e. The van der Waals surface area contributed by atoms with Crippen LogP contribution in [-0.4, -0.2) is 41.6 Å². The van der Waals surface area contributed by atoms with E-state index in [4.69, 9.17) is 0 Å². The third-order valence-corrected chi connectivity index (χ3v) is 8.17. The normalized spacial score (nSPS) is 19.1. The number of hydrogen-bond acceptors (Lipinski definition) is 6. The number of thiophene rings is 1. The van der Waals surface area contributed by atoms with Crippen LogP contribution in [0.5, 0.6) is 0 Å². The van der Waals surface area contributed by atoms with Gasteiger partial charge in [0.05, 0.1) is 22.5 Å². The highest BCUT2D eigenvalue weighted by Gasteiger charge is 2.34. The van der Waals surface area contributed by atoms with Crippen molar-refractivity contribution < 1.29 is 14.4 Å². The van der Waals surface area contributed by atoms with E-state index in [2.05, 4.69) is 39.2 Å². The number of carbonyl (C=O) groups excluding carboxylic acids is 3. The maximum absolute atomic E-state index is 13.5. The van der Waals surface area contributed by atoms with E-state index in [1.54, 1.807) is 17.2 Å². The summed E-state index contributed by atoms with van der Waals surface area (Å²) in [4.78, 5) is 50.0. The number of carbonyl (C=O) groups is 3. The molecule has 0 saturated heterocycles. The summed E-state index contributed by atoms with van der Waals surface area (Å²) in [6, 6.07) is 10.9. The van der Waals surface area contributed by atoms with E-state index in [0.717, 1.165) is 24.8 Å². The fourth-order valence-electron chi connectivity index (χ4n) is 5.21. The van der Waals surface area contributed by atoms with Gasteiger partial charge >= 0.3 is 6.03 Å². The average Bonchev–Trinajstić information content (AvgIpc) is 3.34. The molecule has 1 fully saturated rings. The molecule has 204 valence electrons. The van der Waals surface area contributed by atoms with Crippen molar-refractivity contribution >= 4 is 63.2 Å². The molecule has 10 heteroatoms. The number of pyridine rings is 1. The molecule has 0 spiro atoms. The Labute approximate surface area is 236 Å². The minimum Gasteiger partial charge on any atom is -0.350 e. The van der Waals surface area contributed by atoms with Gasteiger partial charge < -0.3 is 16.0 Å². The second-order valence-corrected chi connectivity index (χ2v) is 10.6. The number of anilines is 2. The molecule has 3 aromatic rings. The van der Waals surface area contributed by atoms with Crippen molar-refractivity contribution in [3.8, 4) is 0 Å². The van der Waals surface area contributed by atoms with Crippen molar-refractivity contribution in [1.29, 1.82) is 0 Å². The molecule has 1 aromatic carbocycles. The summed E-state index contributed by atoms with van der Waals surface area (Å²) in [6.07, 6.45) is 9.72. The standard InChI is InChI=1S/C30H30N6O3S/c1-4-21(17-22(31-3)18-10-7-6-8-11-18)36-23-14-15-32-29-25(23)26(35-30(36)39)27(40-29)28(38)34-20-13-9-12-19(16-20)33-24(37)5-2/h4-8,10-11,14-15,17,19-20H,2-3,9,12-13,16H2,1H3,(H,33,37)(H,34,38)(H,35,39)/b21-4+,22-17-/t19-,20+/m0/s1. The van der Waals surface area contributed by atoms with Crippen LogP contribution in [0.1, 0.15) is 47.8 Å². The van der Waals surface area contributed by atoms with Crippen LogP contribution in [0.25, 0.3) is 15.9 Å². The molecular weight excluding hydrogens is 524 g/mol. The Hall–Kier alpha value is -4.57. The van der Waals surface area contributed by atoms with Crippen LogP contribution in [-0.2, 0) is 4.79 Å². The van der Waals surface area contributed by atoms with Gasteiger partial charge in [0.25, 0.3) is 5.91 Å². The van der Waals surface area contributed by atoms with Crippen molar-refractivity contribution in [2.45, 2.75) is 44.7 Å². The molecule has 1 saturated carbocycles. The zero-order valence-electron chi connectivity index (χ0n) is 22.1. The first-order chi connectivity index (χ1) is 19.4. The number of nitrogens with zero attached hydrogens (tertiary/aromatic N) is 3. The van der Waals surface area contributed by atoms with E-state index in [-0.39, 0.29) is 23.9 Å². The van der Waals surface area contributed by atoms with E-state index in [1.165, 1.54) is 17.4 Å². The second-order valence-electron chi connectivity index (χ2n) is 9.60. The summed E-state index contributed by atoms with van der Waals surface area (Å²) in [5, 5.41) is 9.68. The molecule has 40 heavy (non-hydrogen) atoms. The lowest BCUT2D eigenvalue weighted by atomic mass is 9.91. The lowest BCUT2D eigenvalue weighted by molar-refractivity contribution is -0.117. The molecule has 3 heterocycles. The second kappa shape index (κ2) is 11.7. The van der Waals surface area contributed by atoms with E-state index < -0.39 is 6.03 Å². The van der Waals surface area contributed by atoms with E-state index >= 15 is 0 Å². The Morgan fingerprint density at radius 2 is 1.93 bits per heavy atom. The van der Waals surface area contributed by atoms with Crippen molar-refractivity contribution in [3.05, 3.63) is 83.5 Å². The molecule has 0 bridgehead atoms. The molecule has 3 N–H and O–H groups in total. The minimum absolute atomic E-state index is 0.0232. The summed E-state index contributed by atoms with van der Waals surface area (Å²) in [7, 11) is 0. The number of allylic oxidation sites excluding steroid dienone is 2. The number of aliphatic imine (C=N–C) groups is 1. The number of aromatic nitrogens is 1. The summed E-state index contributed by atoms with van der Waals surface area (Å²) in [5.41, 5.74) is 3.19. The SMILES string of the molecule is C=CC(=O)N[C@H]1CCC[C@@H](NC(=O)c2sc3nccc4c3c2NC(=O)N4C(/C=C(\N=C)c2ccccc2)=C/C)C1. The predicted molar refractivity (Wildman–Crippen MR) is 161 cm³/mol. The fourth-order valence-corrected chi connectivity index (χ4v) is 6.23. The quantitative estimate of drug-likeness (QED) is 0.190. The smallest absolute Gasteiger partial charge is 0.331 e. The van der Waals surface area contributed by atoms with Gasteiger partial charge in [0.15, 0.2) is 0 Å². The first-order valence-corrected chi connectivity index (χ1v) is 13.9. The Bertz CT molecular complexity index is 1560. The summed E-state index contributed by atoms with van der Waals surface area (Å²) < 4.78 is 0. The van der Waals surface area contributed by atoms with Gasteiger partial charge in [0.2, 0.25) is 5.91 Å². The minimum atomic E-state index is -0.391. The van der Waals surface area contributed by atoms with Crippen LogP contribution in [0.15, 0.2) is 78.1 Å². The Balaban J connectivity index is 1.45. The van der Waals surface area contributed by atoms with E-state index in [1.807, 2.05) is 49.4 Å². The van der Waals surface area contributed by atoms with Crippen LogP contribution >= 0.6 is 11.3 Å². The lowest BCUT2D eigenvalue weighted by Crippen LogP contribution is -2.45. The monoisotopic (exact) mass is 554 g/mol. The number of urea groups is 1. The molecular formula is C30H30N6O3S. The fraction of sp³-hybridized carbons (Fsp3) is 0.233. The van der Waals surface area contributed by atoms with Gasteiger partial charge in [0.1, 0.15) is 9.71 Å². The first kappa shape index (κ1) is 27.0. The number of amides is 4. The highest BCUT2D eigenvalue weighted by Crippen LogP contribution is 2.45. The number of rotatable bonds is 8. The van der Waals surface area contributed by atoms with Gasteiger partial charge in [-0.2, -0.15) is 0 Å². The van der Waals surface area contributed by atoms with E-state index in [9.17, 15) is 14.4 Å². The summed E-state index contributed by atoms with van der Waals surface area (Å²) >= 11 is 1.24. The van der Waals surface area contributed by atoms with Crippen LogP contribution in [0, 0.1) is 0 Å². The molecule has 1 aliphatic carbocycles. The third-order valence-electron chi connectivity index (χ3n) is 7.07. The number of nitrogens with one attached hydrogen (secondary N) is 3. The van der Waals surface area contributed by atoms with Crippen molar-refractivity contribution in [2.24, 2.45) is 4.99 Å². The van der Waals surface area contributed by atoms with Gasteiger partial charge in [-0.1, -0.05) is 43.0 Å². The zero-order chi connectivity index (χ0) is 28.2. The number of hydrogen-bond donors (Lipinski definition) is 3. The van der Waals surface area contributed by atoms with Crippen molar-refractivity contribution in [1.82, 2.24) is 15.6 Å². The molecule has 2 aromatic heterocycles. The van der Waals surface area contributed by atoms with Gasteiger partial charge in [-0.25, -0.2) is 9.78 Å². The number of benzene rings is 1. The molecule has 0 unspecified atom stereocenters. The lowest BCUT2D eigenvalue weighted by Gasteiger charge is -2.30. The Morgan fingerprint density at radius 3 is 2.62 bits per heavy atom. The van der Waals surface area contributed by atoms with Gasteiger partial charge in [-0.3, -0.25) is 19.5 Å². The molecule has 4 amide bonds. The maximum Gasteiger partial charge on any atom is 0.331 e. The highest BCUT2D eigenvalue weighted by molar-refractivity contribution is 7.21. The van der Waals surface area contributed by atoms with Crippen LogP contribution in [0.3, 0.4) is 0 Å². The van der Waals surface area contributed by atoms with Gasteiger partial charge in [0, 0.05) is 29.5 Å². The molecule has 2 atom stereocenters. The van der Waals surface area contributed by atoms with Crippen molar-refractivity contribution in [3.63, 3.8) is 0 Å². The molecule has 9 nitrogen and oxygen atoms in total. The van der Waals surface area contributed by atoms with Gasteiger partial charge in [-0.05, 0) is 57.5 Å². The van der Waals surface area contributed by atoms with Gasteiger partial charge in [-0.15, -0.1) is 11.3 Å². The first-order valence-electron chi connectivity index (χ1n) is 13.1. The summed E-state index contributed by atoms with van der Waals surface area (Å²) in [6.45, 7) is 9.07.